The smallest absolute Gasteiger partial charge is 0.315 e. The van der Waals surface area contributed by atoms with Gasteiger partial charge in [-0.05, 0) is 12.3 Å². The van der Waals surface area contributed by atoms with Crippen molar-refractivity contribution in [3.8, 4) is 0 Å². The van der Waals surface area contributed by atoms with Crippen LogP contribution in [0.2, 0.25) is 0 Å². The van der Waals surface area contributed by atoms with E-state index in [2.05, 4.69) is 10.6 Å². The number of amides is 2. The van der Waals surface area contributed by atoms with Crippen molar-refractivity contribution < 1.29 is 19.4 Å². The van der Waals surface area contributed by atoms with Crippen molar-refractivity contribution in [3.63, 3.8) is 0 Å². The van der Waals surface area contributed by atoms with E-state index in [1.165, 1.54) is 0 Å². The van der Waals surface area contributed by atoms with Crippen LogP contribution < -0.4 is 10.6 Å². The molecule has 0 spiro atoms. The van der Waals surface area contributed by atoms with Crippen LogP contribution in [0.4, 0.5) is 4.79 Å². The quantitative estimate of drug-likeness (QED) is 0.609. The summed E-state index contributed by atoms with van der Waals surface area (Å²) in [7, 11) is 1.59. The summed E-state index contributed by atoms with van der Waals surface area (Å²) in [6.45, 7) is 6.41. The maximum atomic E-state index is 11.6. The molecule has 0 aromatic rings. The number of rotatable bonds is 8. The molecule has 2 atom stereocenters. The van der Waals surface area contributed by atoms with Gasteiger partial charge in [-0.2, -0.15) is 0 Å². The minimum atomic E-state index is -0.850. The second kappa shape index (κ2) is 8.74. The Morgan fingerprint density at radius 3 is 2.33 bits per heavy atom. The average molecular weight is 260 g/mol. The number of carbonyl (C=O) groups excluding carboxylic acids is 1. The van der Waals surface area contributed by atoms with Gasteiger partial charge in [0.2, 0.25) is 0 Å². The van der Waals surface area contributed by atoms with Crippen molar-refractivity contribution in [1.82, 2.24) is 10.6 Å². The van der Waals surface area contributed by atoms with Crippen molar-refractivity contribution in [1.29, 1.82) is 0 Å². The zero-order valence-corrected chi connectivity index (χ0v) is 11.5. The van der Waals surface area contributed by atoms with Gasteiger partial charge in [0.15, 0.2) is 0 Å². The summed E-state index contributed by atoms with van der Waals surface area (Å²) in [6.07, 6.45) is 0.416. The van der Waals surface area contributed by atoms with Crippen molar-refractivity contribution >= 4 is 12.0 Å². The first kappa shape index (κ1) is 16.7. The molecule has 2 amide bonds. The number of methoxy groups -OCH3 is 1. The Morgan fingerprint density at radius 2 is 1.89 bits per heavy atom. The average Bonchev–Trinajstić information content (AvgIpc) is 2.27. The minimum absolute atomic E-state index is 0.0492. The highest BCUT2D eigenvalue weighted by atomic mass is 16.5. The van der Waals surface area contributed by atoms with Crippen LogP contribution in [0.5, 0.6) is 0 Å². The lowest BCUT2D eigenvalue weighted by molar-refractivity contribution is -0.141. The van der Waals surface area contributed by atoms with E-state index < -0.39 is 11.9 Å². The fourth-order valence-corrected chi connectivity index (χ4v) is 1.33. The summed E-state index contributed by atoms with van der Waals surface area (Å²) >= 11 is 0. The lowest BCUT2D eigenvalue weighted by atomic mass is 10.1. The van der Waals surface area contributed by atoms with Crippen molar-refractivity contribution in [2.24, 2.45) is 11.8 Å². The molecule has 0 aromatic heterocycles. The van der Waals surface area contributed by atoms with Gasteiger partial charge in [0.1, 0.15) is 0 Å². The summed E-state index contributed by atoms with van der Waals surface area (Å²) in [4.78, 5) is 22.1. The molecule has 0 aliphatic heterocycles. The molecule has 6 heteroatoms. The number of hydrogen-bond donors (Lipinski definition) is 3. The van der Waals surface area contributed by atoms with Crippen LogP contribution >= 0.6 is 0 Å². The number of urea groups is 1. The monoisotopic (exact) mass is 260 g/mol. The third-order valence-electron chi connectivity index (χ3n) is 2.75. The van der Waals surface area contributed by atoms with Crippen molar-refractivity contribution in [2.75, 3.05) is 20.3 Å². The van der Waals surface area contributed by atoms with Crippen LogP contribution in [0, 0.1) is 11.8 Å². The molecule has 0 aliphatic rings. The third-order valence-corrected chi connectivity index (χ3v) is 2.75. The van der Waals surface area contributed by atoms with Gasteiger partial charge in [-0.15, -0.1) is 0 Å². The first-order valence-corrected chi connectivity index (χ1v) is 6.14. The number of carboxylic acids is 1. The highest BCUT2D eigenvalue weighted by molar-refractivity contribution is 5.74. The Bertz CT molecular complexity index is 269. The largest absolute Gasteiger partial charge is 0.481 e. The maximum absolute atomic E-state index is 11.6. The van der Waals surface area contributed by atoms with Crippen LogP contribution in [0.15, 0.2) is 0 Å². The Balaban J connectivity index is 3.91. The molecule has 0 rings (SSSR count). The Morgan fingerprint density at radius 1 is 1.28 bits per heavy atom. The van der Waals surface area contributed by atoms with E-state index in [0.717, 1.165) is 0 Å². The molecule has 106 valence electrons. The zero-order chi connectivity index (χ0) is 14.1. The normalized spacial score (nSPS) is 14.1. The lowest BCUT2D eigenvalue weighted by Gasteiger charge is -2.21. The predicted octanol–water partition coefficient (Wildman–Crippen LogP) is 1.07. The van der Waals surface area contributed by atoms with E-state index in [1.54, 1.807) is 14.0 Å². The number of aliphatic carboxylic acids is 1. The number of carboxylic acid groups (broad SMARTS) is 1. The molecule has 0 heterocycles. The van der Waals surface area contributed by atoms with Crippen molar-refractivity contribution in [3.05, 3.63) is 0 Å². The van der Waals surface area contributed by atoms with E-state index in [9.17, 15) is 9.59 Å². The maximum Gasteiger partial charge on any atom is 0.315 e. The Labute approximate surface area is 108 Å². The van der Waals surface area contributed by atoms with Gasteiger partial charge in [-0.3, -0.25) is 4.79 Å². The first-order valence-electron chi connectivity index (χ1n) is 6.14. The molecule has 0 saturated heterocycles. The molecule has 2 unspecified atom stereocenters. The predicted molar refractivity (Wildman–Crippen MR) is 68.5 cm³/mol. The molecular weight excluding hydrogens is 236 g/mol. The standard InChI is InChI=1S/C12H24N2O4/c1-8(2)10(7-18-4)14-12(17)13-6-5-9(3)11(15)16/h8-10H,5-7H2,1-4H3,(H,15,16)(H2,13,14,17). The molecule has 0 saturated carbocycles. The van der Waals surface area contributed by atoms with Gasteiger partial charge < -0.3 is 20.5 Å². The topological polar surface area (TPSA) is 87.7 Å². The molecular formula is C12H24N2O4. The fourth-order valence-electron chi connectivity index (χ4n) is 1.33. The van der Waals surface area contributed by atoms with E-state index in [1.807, 2.05) is 13.8 Å². The molecule has 18 heavy (non-hydrogen) atoms. The van der Waals surface area contributed by atoms with Gasteiger partial charge in [-0.25, -0.2) is 4.79 Å². The van der Waals surface area contributed by atoms with E-state index >= 15 is 0 Å². The van der Waals surface area contributed by atoms with E-state index in [0.29, 0.717) is 19.6 Å². The van der Waals surface area contributed by atoms with E-state index in [4.69, 9.17) is 9.84 Å². The molecule has 0 bridgehead atoms. The highest BCUT2D eigenvalue weighted by Crippen LogP contribution is 2.02. The van der Waals surface area contributed by atoms with Gasteiger partial charge in [0.05, 0.1) is 18.6 Å². The number of hydrogen-bond acceptors (Lipinski definition) is 3. The molecule has 0 radical (unpaired) electrons. The number of nitrogens with one attached hydrogen (secondary N) is 2. The van der Waals surface area contributed by atoms with Crippen LogP contribution in [0.3, 0.4) is 0 Å². The second-order valence-electron chi connectivity index (χ2n) is 4.73. The van der Waals surface area contributed by atoms with Crippen LogP contribution in [0.25, 0.3) is 0 Å². The lowest BCUT2D eigenvalue weighted by Crippen LogP contribution is -2.47. The highest BCUT2D eigenvalue weighted by Gasteiger charge is 2.16. The minimum Gasteiger partial charge on any atom is -0.481 e. The number of carbonyl (C=O) groups is 2. The van der Waals surface area contributed by atoms with Crippen LogP contribution in [0.1, 0.15) is 27.2 Å². The van der Waals surface area contributed by atoms with Gasteiger partial charge in [-0.1, -0.05) is 20.8 Å². The molecule has 6 nitrogen and oxygen atoms in total. The molecule has 3 N–H and O–H groups in total. The summed E-state index contributed by atoms with van der Waals surface area (Å²) in [6, 6.07) is -0.338. The van der Waals surface area contributed by atoms with Crippen LogP contribution in [-0.2, 0) is 9.53 Å². The van der Waals surface area contributed by atoms with Gasteiger partial charge in [0.25, 0.3) is 0 Å². The Kier molecular flexibility index (Phi) is 8.11. The van der Waals surface area contributed by atoms with E-state index in [-0.39, 0.29) is 18.0 Å². The first-order chi connectivity index (χ1) is 8.38. The second-order valence-corrected chi connectivity index (χ2v) is 4.73. The van der Waals surface area contributed by atoms with Crippen LogP contribution in [-0.4, -0.2) is 43.4 Å². The fraction of sp³-hybridized carbons (Fsp3) is 0.833. The van der Waals surface area contributed by atoms with Crippen molar-refractivity contribution in [2.45, 2.75) is 33.2 Å². The zero-order valence-electron chi connectivity index (χ0n) is 11.5. The summed E-state index contributed by atoms with van der Waals surface area (Å²) in [5, 5.41) is 14.1. The molecule has 0 aliphatic carbocycles. The Hall–Kier alpha value is -1.30. The van der Waals surface area contributed by atoms with Gasteiger partial charge >= 0.3 is 12.0 Å². The third kappa shape index (κ3) is 7.11. The molecule has 0 aromatic carbocycles. The number of ether oxygens (including phenoxy) is 1. The van der Waals surface area contributed by atoms with Gasteiger partial charge in [0, 0.05) is 13.7 Å². The summed E-state index contributed by atoms with van der Waals surface area (Å²) in [5.41, 5.74) is 0. The molecule has 0 fully saturated rings. The SMILES string of the molecule is COCC(NC(=O)NCCC(C)C(=O)O)C(C)C. The summed E-state index contributed by atoms with van der Waals surface area (Å²) < 4.78 is 5.02. The summed E-state index contributed by atoms with van der Waals surface area (Å²) in [5.74, 6) is -1.03.